The monoisotopic (exact) mass is 562 g/mol. The van der Waals surface area contributed by atoms with Crippen LogP contribution in [0.3, 0.4) is 0 Å². The van der Waals surface area contributed by atoms with Gasteiger partial charge in [-0.25, -0.2) is 0 Å². The third-order valence-corrected chi connectivity index (χ3v) is 9.99. The molecule has 0 saturated heterocycles. The summed E-state index contributed by atoms with van der Waals surface area (Å²) in [5.41, 5.74) is 6.51. The molecule has 0 bridgehead atoms. The van der Waals surface area contributed by atoms with Crippen LogP contribution in [0.1, 0.15) is 80.5 Å². The summed E-state index contributed by atoms with van der Waals surface area (Å²) in [5.74, 6) is 2.24. The van der Waals surface area contributed by atoms with E-state index in [4.69, 9.17) is 13.6 Å². The highest BCUT2D eigenvalue weighted by molar-refractivity contribution is 7.51. The van der Waals surface area contributed by atoms with E-state index in [9.17, 15) is 0 Å². The zero-order valence-corrected chi connectivity index (χ0v) is 25.9. The molecule has 5 heteroatoms. The largest absolute Gasteiger partial charge is 0.474 e. The fourth-order valence-corrected chi connectivity index (χ4v) is 7.67. The van der Waals surface area contributed by atoms with Gasteiger partial charge in [-0.15, -0.1) is 0 Å². The van der Waals surface area contributed by atoms with Gasteiger partial charge in [0.2, 0.25) is 8.38 Å². The molecule has 0 radical (unpaired) electrons. The quantitative estimate of drug-likeness (QED) is 0.111. The van der Waals surface area contributed by atoms with Crippen molar-refractivity contribution in [2.45, 2.75) is 77.0 Å². The number of hydrogen-bond donors (Lipinski definition) is 0. The van der Waals surface area contributed by atoms with Gasteiger partial charge in [-0.1, -0.05) is 92.1 Å². The van der Waals surface area contributed by atoms with Crippen LogP contribution >= 0.6 is 16.5 Å². The third-order valence-electron chi connectivity index (χ3n) is 7.24. The molecule has 0 spiro atoms. The molecule has 0 heterocycles. The first-order valence-corrected chi connectivity index (χ1v) is 17.6. The average Bonchev–Trinajstić information content (AvgIpc) is 2.94. The summed E-state index contributed by atoms with van der Waals surface area (Å²) in [6, 6.07) is 25.8. The minimum absolute atomic E-state index is 0.291. The van der Waals surface area contributed by atoms with E-state index < -0.39 is 16.5 Å². The molecule has 3 unspecified atom stereocenters. The summed E-state index contributed by atoms with van der Waals surface area (Å²) < 4.78 is 19.6. The highest BCUT2D eigenvalue weighted by Crippen LogP contribution is 2.51. The second-order valence-corrected chi connectivity index (χ2v) is 13.9. The van der Waals surface area contributed by atoms with Gasteiger partial charge in [-0.05, 0) is 74.5 Å². The van der Waals surface area contributed by atoms with E-state index in [0.29, 0.717) is 5.92 Å². The maximum absolute atomic E-state index is 6.88. The van der Waals surface area contributed by atoms with Crippen molar-refractivity contribution >= 4 is 16.5 Å². The van der Waals surface area contributed by atoms with Gasteiger partial charge in [0.05, 0.1) is 14.3 Å². The lowest BCUT2D eigenvalue weighted by molar-refractivity contribution is 0.390. The van der Waals surface area contributed by atoms with Gasteiger partial charge in [0.15, 0.2) is 0 Å². The molecule has 0 saturated carbocycles. The Balaban J connectivity index is 1.70. The lowest BCUT2D eigenvalue weighted by Gasteiger charge is -2.28. The Labute approximate surface area is 238 Å². The first-order valence-electron chi connectivity index (χ1n) is 14.4. The fraction of sp³-hybridized carbons (Fsp3) is 0.412. The van der Waals surface area contributed by atoms with E-state index in [2.05, 4.69) is 99.4 Å². The van der Waals surface area contributed by atoms with Crippen LogP contribution in [-0.4, -0.2) is 13.8 Å². The van der Waals surface area contributed by atoms with Gasteiger partial charge in [-0.2, -0.15) is 0 Å². The molecule has 208 valence electrons. The van der Waals surface area contributed by atoms with Crippen LogP contribution in [0.4, 0.5) is 0 Å². The molecule has 4 rings (SSSR count). The molecule has 0 fully saturated rings. The van der Waals surface area contributed by atoms with Crippen molar-refractivity contribution in [3.8, 4) is 11.5 Å². The Hall–Kier alpha value is -2.18. The van der Waals surface area contributed by atoms with Crippen LogP contribution in [0, 0.1) is 0 Å². The minimum Gasteiger partial charge on any atom is -0.474 e. The van der Waals surface area contributed by atoms with Crippen molar-refractivity contribution in [3.63, 3.8) is 0 Å². The number of benzene rings is 3. The Morgan fingerprint density at radius 1 is 0.821 bits per heavy atom. The number of allylic oxidation sites excluding steroid dienone is 2. The van der Waals surface area contributed by atoms with Crippen LogP contribution in [-0.2, 0) is 23.3 Å². The molecule has 3 aromatic carbocycles. The molecule has 0 aliphatic heterocycles. The molecule has 3 atom stereocenters. The summed E-state index contributed by atoms with van der Waals surface area (Å²) in [6.07, 6.45) is 12.3. The highest BCUT2D eigenvalue weighted by Gasteiger charge is 2.26. The van der Waals surface area contributed by atoms with Gasteiger partial charge in [-0.3, -0.25) is 0 Å². The maximum Gasteiger partial charge on any atom is 0.234 e. The Kier molecular flexibility index (Phi) is 11.9. The summed E-state index contributed by atoms with van der Waals surface area (Å²) in [4.78, 5) is 0. The minimum atomic E-state index is -1.13. The smallest absolute Gasteiger partial charge is 0.234 e. The predicted molar refractivity (Wildman–Crippen MR) is 168 cm³/mol. The van der Waals surface area contributed by atoms with Gasteiger partial charge >= 0.3 is 0 Å². The van der Waals surface area contributed by atoms with Crippen molar-refractivity contribution in [2.75, 3.05) is 13.8 Å². The lowest BCUT2D eigenvalue weighted by atomic mass is 9.84. The van der Waals surface area contributed by atoms with Crippen molar-refractivity contribution in [2.24, 2.45) is 0 Å². The van der Waals surface area contributed by atoms with Crippen molar-refractivity contribution in [1.82, 2.24) is 0 Å². The number of unbranched alkanes of at least 4 members (excludes halogenated alkanes) is 2. The molecule has 1 aliphatic rings. The van der Waals surface area contributed by atoms with Crippen molar-refractivity contribution < 1.29 is 13.6 Å². The topological polar surface area (TPSA) is 27.7 Å². The number of aryl methyl sites for hydroxylation is 1. The van der Waals surface area contributed by atoms with Crippen LogP contribution < -0.4 is 9.05 Å². The van der Waals surface area contributed by atoms with E-state index in [1.54, 1.807) is 7.11 Å². The summed E-state index contributed by atoms with van der Waals surface area (Å²) in [7, 11) is -0.0487. The second kappa shape index (κ2) is 15.6. The third kappa shape index (κ3) is 9.18. The summed E-state index contributed by atoms with van der Waals surface area (Å²) >= 11 is 0. The summed E-state index contributed by atoms with van der Waals surface area (Å²) in [5, 5.41) is 0. The normalized spacial score (nSPS) is 16.8. The maximum atomic E-state index is 6.88. The SMILES string of the molecule is CCCCCc1cc(OP(C)Cc2ccccc2)c(C2C=C(C)CCC2)c(OP(Cc2ccccc2)OC)c1. The van der Waals surface area contributed by atoms with Gasteiger partial charge < -0.3 is 13.6 Å². The van der Waals surface area contributed by atoms with Crippen LogP contribution in [0.5, 0.6) is 11.5 Å². The Morgan fingerprint density at radius 3 is 2.08 bits per heavy atom. The van der Waals surface area contributed by atoms with Crippen molar-refractivity contribution in [1.29, 1.82) is 0 Å². The number of hydrogen-bond acceptors (Lipinski definition) is 3. The molecule has 0 N–H and O–H groups in total. The van der Waals surface area contributed by atoms with Gasteiger partial charge in [0.25, 0.3) is 0 Å². The van der Waals surface area contributed by atoms with Gasteiger partial charge in [0.1, 0.15) is 11.5 Å². The van der Waals surface area contributed by atoms with E-state index in [1.807, 2.05) is 0 Å². The molecule has 0 aromatic heterocycles. The fourth-order valence-electron chi connectivity index (χ4n) is 5.25. The lowest BCUT2D eigenvalue weighted by Crippen LogP contribution is -2.08. The van der Waals surface area contributed by atoms with Crippen LogP contribution in [0.15, 0.2) is 84.4 Å². The predicted octanol–water partition coefficient (Wildman–Crippen LogP) is 10.8. The molecule has 3 aromatic rings. The zero-order valence-electron chi connectivity index (χ0n) is 24.1. The second-order valence-electron chi connectivity index (χ2n) is 10.6. The highest BCUT2D eigenvalue weighted by atomic mass is 31.2. The zero-order chi connectivity index (χ0) is 27.5. The van der Waals surface area contributed by atoms with Gasteiger partial charge in [0, 0.05) is 24.8 Å². The van der Waals surface area contributed by atoms with Crippen LogP contribution in [0.25, 0.3) is 0 Å². The Morgan fingerprint density at radius 2 is 1.46 bits per heavy atom. The average molecular weight is 563 g/mol. The number of rotatable bonds is 14. The molecular formula is C34H44O3P2. The first kappa shape index (κ1) is 29.8. The summed E-state index contributed by atoms with van der Waals surface area (Å²) in [6.45, 7) is 6.76. The molecule has 1 aliphatic carbocycles. The molecule has 39 heavy (non-hydrogen) atoms. The molecule has 3 nitrogen and oxygen atoms in total. The molecule has 0 amide bonds. The Bertz CT molecular complexity index is 1180. The van der Waals surface area contributed by atoms with E-state index in [1.165, 1.54) is 59.9 Å². The van der Waals surface area contributed by atoms with E-state index in [0.717, 1.165) is 36.7 Å². The first-order chi connectivity index (χ1) is 19.1. The van der Waals surface area contributed by atoms with E-state index >= 15 is 0 Å². The van der Waals surface area contributed by atoms with Crippen molar-refractivity contribution in [3.05, 3.63) is 107 Å². The van der Waals surface area contributed by atoms with E-state index in [-0.39, 0.29) is 0 Å². The van der Waals surface area contributed by atoms with Crippen LogP contribution in [0.2, 0.25) is 0 Å². The standard InChI is InChI=1S/C34H44O3P2/c1-5-6-9-20-30-23-32(36-38(4)25-28-16-10-7-11-17-28)34(31-21-14-15-27(2)22-31)33(24-30)37-39(35-3)26-29-18-12-8-13-19-29/h7-8,10-13,16-19,22-24,31H,5-6,9,14-15,20-21,25-26H2,1-4H3. The molecular weight excluding hydrogens is 518 g/mol.